The zero-order valence-electron chi connectivity index (χ0n) is 13.2. The molecule has 0 saturated heterocycles. The summed E-state index contributed by atoms with van der Waals surface area (Å²) in [7, 11) is -3.27. The van der Waals surface area contributed by atoms with E-state index >= 15 is 0 Å². The van der Waals surface area contributed by atoms with E-state index in [1.807, 2.05) is 6.92 Å². The normalized spacial score (nSPS) is 11.0. The van der Waals surface area contributed by atoms with Crippen LogP contribution in [-0.4, -0.2) is 45.6 Å². The molecule has 23 heavy (non-hydrogen) atoms. The van der Waals surface area contributed by atoms with Gasteiger partial charge in [-0.1, -0.05) is 31.5 Å². The monoisotopic (exact) mass is 341 g/mol. The lowest BCUT2D eigenvalue weighted by atomic mass is 10.2. The van der Waals surface area contributed by atoms with E-state index in [2.05, 4.69) is 15.4 Å². The van der Waals surface area contributed by atoms with Crippen molar-refractivity contribution in [2.75, 3.05) is 25.4 Å². The van der Waals surface area contributed by atoms with Gasteiger partial charge in [0.1, 0.15) is 0 Å². The van der Waals surface area contributed by atoms with Crippen LogP contribution in [0.25, 0.3) is 0 Å². The average molecular weight is 341 g/mol. The predicted octanol–water partition coefficient (Wildman–Crippen LogP) is 0.252. The Bertz CT molecular complexity index is 602. The highest BCUT2D eigenvalue weighted by molar-refractivity contribution is 7.89. The minimum atomic E-state index is -3.27. The molecule has 0 aliphatic carbocycles. The second kappa shape index (κ2) is 9.96. The van der Waals surface area contributed by atoms with E-state index in [1.54, 1.807) is 30.3 Å². The molecule has 128 valence electrons. The lowest BCUT2D eigenvalue weighted by Crippen LogP contribution is -2.40. The molecule has 2 amide bonds. The molecule has 1 aromatic rings. The van der Waals surface area contributed by atoms with Crippen LogP contribution in [0.1, 0.15) is 30.1 Å². The number of unbranched alkanes of at least 4 members (excludes halogenated alkanes) is 1. The van der Waals surface area contributed by atoms with Gasteiger partial charge in [0.2, 0.25) is 15.9 Å². The number of rotatable bonds is 10. The van der Waals surface area contributed by atoms with E-state index < -0.39 is 10.0 Å². The van der Waals surface area contributed by atoms with Crippen molar-refractivity contribution in [1.82, 2.24) is 15.4 Å². The van der Waals surface area contributed by atoms with Gasteiger partial charge in [-0.2, -0.15) is 0 Å². The van der Waals surface area contributed by atoms with E-state index in [0.717, 1.165) is 6.42 Å². The Labute approximate surface area is 136 Å². The zero-order valence-corrected chi connectivity index (χ0v) is 14.0. The predicted molar refractivity (Wildman–Crippen MR) is 88.5 cm³/mol. The number of hydrogen-bond acceptors (Lipinski definition) is 4. The fourth-order valence-corrected chi connectivity index (χ4v) is 2.96. The maximum absolute atomic E-state index is 11.7. The van der Waals surface area contributed by atoms with Crippen LogP contribution in [0.4, 0.5) is 0 Å². The van der Waals surface area contributed by atoms with Crippen molar-refractivity contribution in [3.63, 3.8) is 0 Å². The van der Waals surface area contributed by atoms with Crippen molar-refractivity contribution >= 4 is 21.8 Å². The molecule has 1 rings (SSSR count). The van der Waals surface area contributed by atoms with Crippen molar-refractivity contribution < 1.29 is 18.0 Å². The molecule has 8 heteroatoms. The molecule has 7 nitrogen and oxygen atoms in total. The van der Waals surface area contributed by atoms with Crippen molar-refractivity contribution in [3.05, 3.63) is 35.9 Å². The third-order valence-electron chi connectivity index (χ3n) is 2.98. The molecule has 0 aromatic heterocycles. The molecule has 0 aliphatic heterocycles. The Morgan fingerprint density at radius 2 is 1.74 bits per heavy atom. The molecule has 0 radical (unpaired) electrons. The van der Waals surface area contributed by atoms with E-state index in [9.17, 15) is 18.0 Å². The Hall–Kier alpha value is -1.93. The lowest BCUT2D eigenvalue weighted by Gasteiger charge is -2.08. The Morgan fingerprint density at radius 3 is 2.39 bits per heavy atom. The van der Waals surface area contributed by atoms with Gasteiger partial charge in [-0.05, 0) is 18.6 Å². The summed E-state index contributed by atoms with van der Waals surface area (Å²) in [5, 5.41) is 5.03. The smallest absolute Gasteiger partial charge is 0.251 e. The molecule has 3 N–H and O–H groups in total. The topological polar surface area (TPSA) is 104 Å². The number of sulfonamides is 1. The van der Waals surface area contributed by atoms with Crippen LogP contribution < -0.4 is 15.4 Å². The van der Waals surface area contributed by atoms with Crippen LogP contribution in [0, 0.1) is 0 Å². The summed E-state index contributed by atoms with van der Waals surface area (Å²) in [5.41, 5.74) is 0.476. The van der Waals surface area contributed by atoms with Gasteiger partial charge in [-0.15, -0.1) is 0 Å². The first kappa shape index (κ1) is 19.1. The summed E-state index contributed by atoms with van der Waals surface area (Å²) in [6.07, 6.45) is 1.41. The van der Waals surface area contributed by atoms with Gasteiger partial charge in [-0.3, -0.25) is 9.59 Å². The highest BCUT2D eigenvalue weighted by Gasteiger charge is 2.09. The molecule has 0 fully saturated rings. The standard InChI is InChI=1S/C15H23N3O4S/c1-2-3-11-23(21,22)18-10-9-16-14(19)12-17-15(20)13-7-5-4-6-8-13/h4-8,18H,2-3,9-12H2,1H3,(H,16,19)(H,17,20). The molecule has 0 bridgehead atoms. The fourth-order valence-electron chi connectivity index (χ4n) is 1.73. The van der Waals surface area contributed by atoms with Crippen LogP contribution in [0.5, 0.6) is 0 Å². The minimum Gasteiger partial charge on any atom is -0.353 e. The maximum atomic E-state index is 11.7. The van der Waals surface area contributed by atoms with E-state index in [1.165, 1.54) is 0 Å². The quantitative estimate of drug-likeness (QED) is 0.531. The van der Waals surface area contributed by atoms with Crippen molar-refractivity contribution in [2.45, 2.75) is 19.8 Å². The molecule has 0 heterocycles. The average Bonchev–Trinajstić information content (AvgIpc) is 2.55. The third-order valence-corrected chi connectivity index (χ3v) is 4.45. The molecular formula is C15H23N3O4S. The van der Waals surface area contributed by atoms with Crippen molar-refractivity contribution in [3.8, 4) is 0 Å². The second-order valence-electron chi connectivity index (χ2n) is 4.97. The van der Waals surface area contributed by atoms with Crippen LogP contribution in [0.15, 0.2) is 30.3 Å². The highest BCUT2D eigenvalue weighted by Crippen LogP contribution is 1.97. The number of nitrogens with one attached hydrogen (secondary N) is 3. The number of amides is 2. The third kappa shape index (κ3) is 8.32. The number of carbonyl (C=O) groups excluding carboxylic acids is 2. The van der Waals surface area contributed by atoms with Crippen LogP contribution in [0.3, 0.4) is 0 Å². The molecule has 0 unspecified atom stereocenters. The SMILES string of the molecule is CCCCS(=O)(=O)NCCNC(=O)CNC(=O)c1ccccc1. The van der Waals surface area contributed by atoms with E-state index in [4.69, 9.17) is 0 Å². The van der Waals surface area contributed by atoms with Gasteiger partial charge in [0.25, 0.3) is 5.91 Å². The van der Waals surface area contributed by atoms with Crippen molar-refractivity contribution in [1.29, 1.82) is 0 Å². The van der Waals surface area contributed by atoms with Gasteiger partial charge in [0.15, 0.2) is 0 Å². The lowest BCUT2D eigenvalue weighted by molar-refractivity contribution is -0.120. The van der Waals surface area contributed by atoms with Gasteiger partial charge in [0, 0.05) is 18.7 Å². The molecule has 0 atom stereocenters. The minimum absolute atomic E-state index is 0.0879. The van der Waals surface area contributed by atoms with Gasteiger partial charge in [0.05, 0.1) is 12.3 Å². The molecule has 0 saturated carbocycles. The molecular weight excluding hydrogens is 318 g/mol. The van der Waals surface area contributed by atoms with Gasteiger partial charge in [-0.25, -0.2) is 13.1 Å². The summed E-state index contributed by atoms with van der Waals surface area (Å²) in [6, 6.07) is 8.57. The fraction of sp³-hybridized carbons (Fsp3) is 0.467. The first-order valence-corrected chi connectivity index (χ1v) is 9.17. The first-order chi connectivity index (χ1) is 10.9. The summed E-state index contributed by atoms with van der Waals surface area (Å²) in [5.74, 6) is -0.618. The van der Waals surface area contributed by atoms with Crippen LogP contribution >= 0.6 is 0 Å². The van der Waals surface area contributed by atoms with Crippen LogP contribution in [0.2, 0.25) is 0 Å². The van der Waals surface area contributed by atoms with Gasteiger partial charge >= 0.3 is 0 Å². The van der Waals surface area contributed by atoms with Gasteiger partial charge < -0.3 is 10.6 Å². The van der Waals surface area contributed by atoms with E-state index in [-0.39, 0.29) is 37.2 Å². The maximum Gasteiger partial charge on any atom is 0.251 e. The number of benzene rings is 1. The largest absolute Gasteiger partial charge is 0.353 e. The number of carbonyl (C=O) groups is 2. The highest BCUT2D eigenvalue weighted by atomic mass is 32.2. The zero-order chi connectivity index (χ0) is 17.1. The van der Waals surface area contributed by atoms with Crippen LogP contribution in [-0.2, 0) is 14.8 Å². The summed E-state index contributed by atoms with van der Waals surface area (Å²) in [4.78, 5) is 23.3. The Morgan fingerprint density at radius 1 is 1.04 bits per heavy atom. The molecule has 1 aromatic carbocycles. The summed E-state index contributed by atoms with van der Waals surface area (Å²) >= 11 is 0. The second-order valence-corrected chi connectivity index (χ2v) is 6.89. The van der Waals surface area contributed by atoms with E-state index in [0.29, 0.717) is 12.0 Å². The summed E-state index contributed by atoms with van der Waals surface area (Å²) < 4.78 is 25.5. The Balaban J connectivity index is 2.19. The van der Waals surface area contributed by atoms with Crippen molar-refractivity contribution in [2.24, 2.45) is 0 Å². The Kier molecular flexibility index (Phi) is 8.28. The first-order valence-electron chi connectivity index (χ1n) is 7.52. The molecule has 0 aliphatic rings. The number of hydrogen-bond donors (Lipinski definition) is 3. The molecule has 0 spiro atoms. The summed E-state index contributed by atoms with van der Waals surface area (Å²) in [6.45, 7) is 2.06.